The third-order valence-electron chi connectivity index (χ3n) is 7.39. The fourth-order valence-electron chi connectivity index (χ4n) is 5.08. The van der Waals surface area contributed by atoms with Gasteiger partial charge in [0.15, 0.2) is 17.8 Å². The molecule has 1 atom stereocenters. The standard InChI is InChI=1S/C34H30N6O2/c1-22(36-19-17-23-9-16-31(42)26(20-23)21-41)24-10-12-27(13-11-24)40-33(28-8-5-18-37-32(28)35)39-30-15-14-29(38-34(30)40)25-6-3-2-4-7-25/h2-16,18,20-22,36,42H,17,19H2,1H3,(H2,35,37)/t22-/m0/s1. The Labute approximate surface area is 243 Å². The van der Waals surface area contributed by atoms with Crippen LogP contribution in [-0.4, -0.2) is 37.5 Å². The van der Waals surface area contributed by atoms with Gasteiger partial charge in [0.25, 0.3) is 0 Å². The summed E-state index contributed by atoms with van der Waals surface area (Å²) in [5.74, 6) is 1.08. The van der Waals surface area contributed by atoms with Gasteiger partial charge in [0.05, 0.1) is 16.8 Å². The third kappa shape index (κ3) is 5.35. The average molecular weight is 555 g/mol. The number of fused-ring (bicyclic) bond motifs is 1. The van der Waals surface area contributed by atoms with Gasteiger partial charge in [-0.05, 0) is 79.5 Å². The van der Waals surface area contributed by atoms with Crippen molar-refractivity contribution in [1.29, 1.82) is 0 Å². The monoisotopic (exact) mass is 554 g/mol. The van der Waals surface area contributed by atoms with Crippen molar-refractivity contribution in [3.63, 3.8) is 0 Å². The number of phenols is 1. The van der Waals surface area contributed by atoms with Crippen LogP contribution in [0.1, 0.15) is 34.5 Å². The second-order valence-corrected chi connectivity index (χ2v) is 10.1. The van der Waals surface area contributed by atoms with E-state index < -0.39 is 0 Å². The van der Waals surface area contributed by atoms with Crippen LogP contribution in [0.3, 0.4) is 0 Å². The van der Waals surface area contributed by atoms with Gasteiger partial charge in [0, 0.05) is 23.5 Å². The van der Waals surface area contributed by atoms with Gasteiger partial charge in [0.1, 0.15) is 17.1 Å². The molecule has 3 aromatic carbocycles. The lowest BCUT2D eigenvalue weighted by Gasteiger charge is -2.16. The first kappa shape index (κ1) is 26.9. The molecule has 3 heterocycles. The smallest absolute Gasteiger partial charge is 0.165 e. The second kappa shape index (κ2) is 11.6. The van der Waals surface area contributed by atoms with E-state index >= 15 is 0 Å². The predicted octanol–water partition coefficient (Wildman–Crippen LogP) is 6.14. The first-order valence-corrected chi connectivity index (χ1v) is 13.8. The molecule has 0 saturated carbocycles. The largest absolute Gasteiger partial charge is 0.507 e. The molecule has 0 bridgehead atoms. The maximum atomic E-state index is 11.1. The minimum atomic E-state index is 0.00157. The number of anilines is 1. The highest BCUT2D eigenvalue weighted by molar-refractivity contribution is 5.84. The first-order chi connectivity index (χ1) is 20.5. The maximum Gasteiger partial charge on any atom is 0.165 e. The molecule has 8 heteroatoms. The summed E-state index contributed by atoms with van der Waals surface area (Å²) in [5.41, 5.74) is 13.8. The van der Waals surface area contributed by atoms with E-state index in [0.29, 0.717) is 23.5 Å². The number of hydrogen-bond acceptors (Lipinski definition) is 7. The SMILES string of the molecule is C[C@H](NCCc1ccc(O)c(C=O)c1)c1ccc(-n2c(-c3cccnc3N)nc3ccc(-c4ccccc4)nc32)cc1. The van der Waals surface area contributed by atoms with Gasteiger partial charge in [-0.25, -0.2) is 15.0 Å². The highest BCUT2D eigenvalue weighted by atomic mass is 16.3. The summed E-state index contributed by atoms with van der Waals surface area (Å²) in [6.07, 6.45) is 3.07. The van der Waals surface area contributed by atoms with Crippen molar-refractivity contribution in [3.8, 4) is 34.1 Å². The lowest BCUT2D eigenvalue weighted by atomic mass is 10.1. The molecular formula is C34H30N6O2. The molecule has 8 nitrogen and oxygen atoms in total. The minimum absolute atomic E-state index is 0.00157. The molecule has 0 aliphatic heterocycles. The van der Waals surface area contributed by atoms with Crippen molar-refractivity contribution in [2.45, 2.75) is 19.4 Å². The van der Waals surface area contributed by atoms with Crippen LogP contribution in [0, 0.1) is 0 Å². The first-order valence-electron chi connectivity index (χ1n) is 13.8. The number of aromatic nitrogens is 4. The van der Waals surface area contributed by atoms with Gasteiger partial charge in [-0.15, -0.1) is 0 Å². The Morgan fingerprint density at radius 3 is 2.52 bits per heavy atom. The van der Waals surface area contributed by atoms with Crippen LogP contribution in [0.15, 0.2) is 103 Å². The van der Waals surface area contributed by atoms with Gasteiger partial charge in [-0.2, -0.15) is 0 Å². The fraction of sp³-hybridized carbons (Fsp3) is 0.118. The number of aromatic hydroxyl groups is 1. The van der Waals surface area contributed by atoms with Crippen molar-refractivity contribution in [2.24, 2.45) is 0 Å². The molecule has 3 aromatic heterocycles. The van der Waals surface area contributed by atoms with E-state index in [1.165, 1.54) is 0 Å². The Morgan fingerprint density at radius 2 is 1.76 bits per heavy atom. The molecule has 0 unspecified atom stereocenters. The summed E-state index contributed by atoms with van der Waals surface area (Å²) >= 11 is 0. The molecule has 0 radical (unpaired) electrons. The van der Waals surface area contributed by atoms with Crippen molar-refractivity contribution in [1.82, 2.24) is 24.8 Å². The van der Waals surface area contributed by atoms with E-state index in [9.17, 15) is 9.90 Å². The summed E-state index contributed by atoms with van der Waals surface area (Å²) in [5, 5.41) is 13.3. The van der Waals surface area contributed by atoms with Crippen molar-refractivity contribution < 1.29 is 9.90 Å². The van der Waals surface area contributed by atoms with E-state index in [-0.39, 0.29) is 11.8 Å². The van der Waals surface area contributed by atoms with Crippen molar-refractivity contribution in [2.75, 3.05) is 12.3 Å². The number of carbonyl (C=O) groups is 1. The number of nitrogens with zero attached hydrogens (tertiary/aromatic N) is 4. The van der Waals surface area contributed by atoms with E-state index in [4.69, 9.17) is 15.7 Å². The Balaban J connectivity index is 1.30. The molecular weight excluding hydrogens is 524 g/mol. The number of hydrogen-bond donors (Lipinski definition) is 3. The molecule has 0 aliphatic rings. The summed E-state index contributed by atoms with van der Waals surface area (Å²) in [7, 11) is 0. The maximum absolute atomic E-state index is 11.1. The van der Waals surface area contributed by atoms with Crippen LogP contribution in [0.25, 0.3) is 39.5 Å². The van der Waals surface area contributed by atoms with Crippen molar-refractivity contribution in [3.05, 3.63) is 120 Å². The van der Waals surface area contributed by atoms with Crippen LogP contribution >= 0.6 is 0 Å². The lowest BCUT2D eigenvalue weighted by molar-refractivity contribution is 0.112. The third-order valence-corrected chi connectivity index (χ3v) is 7.39. The number of aldehydes is 1. The molecule has 0 saturated heterocycles. The molecule has 6 aromatic rings. The molecule has 0 spiro atoms. The summed E-state index contributed by atoms with van der Waals surface area (Å²) in [6.45, 7) is 2.83. The molecule has 42 heavy (non-hydrogen) atoms. The van der Waals surface area contributed by atoms with Crippen LogP contribution in [0.5, 0.6) is 5.75 Å². The highest BCUT2D eigenvalue weighted by Gasteiger charge is 2.19. The number of carbonyl (C=O) groups excluding carboxylic acids is 1. The zero-order chi connectivity index (χ0) is 29.1. The van der Waals surface area contributed by atoms with Crippen molar-refractivity contribution >= 4 is 23.3 Å². The summed E-state index contributed by atoms with van der Waals surface area (Å²) < 4.78 is 2.03. The normalized spacial score (nSPS) is 11.9. The van der Waals surface area contributed by atoms with Crippen LogP contribution < -0.4 is 11.1 Å². The van der Waals surface area contributed by atoms with Gasteiger partial charge >= 0.3 is 0 Å². The summed E-state index contributed by atoms with van der Waals surface area (Å²) in [6, 6.07) is 31.4. The van der Waals surface area contributed by atoms with E-state index in [1.54, 1.807) is 18.3 Å². The Kier molecular flexibility index (Phi) is 7.45. The molecule has 4 N–H and O–H groups in total. The number of rotatable bonds is 9. The van der Waals surface area contributed by atoms with Gasteiger partial charge in [-0.1, -0.05) is 48.5 Å². The number of pyridine rings is 2. The Hall–Kier alpha value is -5.34. The molecule has 0 amide bonds. The number of phenolic OH excluding ortho intramolecular Hbond substituents is 1. The fourth-order valence-corrected chi connectivity index (χ4v) is 5.08. The zero-order valence-electron chi connectivity index (χ0n) is 23.1. The van der Waals surface area contributed by atoms with Gasteiger partial charge in [0.2, 0.25) is 0 Å². The number of imidazole rings is 1. The topological polar surface area (TPSA) is 119 Å². The average Bonchev–Trinajstić information content (AvgIpc) is 3.41. The lowest BCUT2D eigenvalue weighted by Crippen LogP contribution is -2.21. The molecule has 208 valence electrons. The Morgan fingerprint density at radius 1 is 0.952 bits per heavy atom. The zero-order valence-corrected chi connectivity index (χ0v) is 23.1. The Bertz CT molecular complexity index is 1870. The van der Waals surface area contributed by atoms with Gasteiger partial charge < -0.3 is 16.2 Å². The molecule has 0 fully saturated rings. The number of benzene rings is 3. The highest BCUT2D eigenvalue weighted by Crippen LogP contribution is 2.32. The summed E-state index contributed by atoms with van der Waals surface area (Å²) in [4.78, 5) is 25.4. The number of nitrogens with two attached hydrogens (primary N) is 1. The molecule has 6 rings (SSSR count). The van der Waals surface area contributed by atoms with Crippen LogP contribution in [0.2, 0.25) is 0 Å². The second-order valence-electron chi connectivity index (χ2n) is 10.1. The van der Waals surface area contributed by atoms with Crippen LogP contribution in [0.4, 0.5) is 5.82 Å². The van der Waals surface area contributed by atoms with Gasteiger partial charge in [-0.3, -0.25) is 9.36 Å². The predicted molar refractivity (Wildman–Crippen MR) is 166 cm³/mol. The van der Waals surface area contributed by atoms with E-state index in [0.717, 1.165) is 57.8 Å². The molecule has 0 aliphatic carbocycles. The minimum Gasteiger partial charge on any atom is -0.507 e. The number of nitrogens with one attached hydrogen (secondary N) is 1. The van der Waals surface area contributed by atoms with E-state index in [2.05, 4.69) is 41.5 Å². The number of nitrogen functional groups attached to an aromatic ring is 1. The van der Waals surface area contributed by atoms with Crippen LogP contribution in [-0.2, 0) is 6.42 Å². The van der Waals surface area contributed by atoms with E-state index in [1.807, 2.05) is 65.2 Å². The quantitative estimate of drug-likeness (QED) is 0.184.